The highest BCUT2D eigenvalue weighted by Gasteiger charge is 2.06. The Balaban J connectivity index is 1.92. The van der Waals surface area contributed by atoms with Crippen LogP contribution in [0.5, 0.6) is 0 Å². The minimum Gasteiger partial charge on any atom is -0.481 e. The van der Waals surface area contributed by atoms with Crippen LogP contribution in [0.2, 0.25) is 0 Å². The second-order valence-corrected chi connectivity index (χ2v) is 4.05. The van der Waals surface area contributed by atoms with E-state index in [1.54, 1.807) is 0 Å². The minimum atomic E-state index is -0.916. The minimum absolute atomic E-state index is 0.0571. The number of rotatable bonds is 5. The summed E-state index contributed by atoms with van der Waals surface area (Å²) < 4.78 is 0. The number of benzene rings is 1. The van der Waals surface area contributed by atoms with Gasteiger partial charge in [0.2, 0.25) is 5.91 Å². The maximum atomic E-state index is 11.5. The second kappa shape index (κ2) is 5.35. The van der Waals surface area contributed by atoms with Gasteiger partial charge >= 0.3 is 5.97 Å². The summed E-state index contributed by atoms with van der Waals surface area (Å²) >= 11 is 0. The van der Waals surface area contributed by atoms with Gasteiger partial charge in [-0.15, -0.1) is 0 Å². The second-order valence-electron chi connectivity index (χ2n) is 4.05. The Morgan fingerprint density at radius 2 is 2.06 bits per heavy atom. The molecule has 1 aromatic carbocycles. The van der Waals surface area contributed by atoms with E-state index in [2.05, 4.69) is 10.3 Å². The van der Waals surface area contributed by atoms with E-state index in [9.17, 15) is 9.59 Å². The van der Waals surface area contributed by atoms with Crippen molar-refractivity contribution in [2.24, 2.45) is 0 Å². The lowest BCUT2D eigenvalue weighted by atomic mass is 10.2. The highest BCUT2D eigenvalue weighted by Crippen LogP contribution is 2.14. The molecule has 18 heavy (non-hydrogen) atoms. The Morgan fingerprint density at radius 3 is 2.78 bits per heavy atom. The molecule has 5 heteroatoms. The smallest absolute Gasteiger partial charge is 0.305 e. The topological polar surface area (TPSA) is 82.2 Å². The first-order valence-electron chi connectivity index (χ1n) is 5.70. The summed E-state index contributed by atoms with van der Waals surface area (Å²) in [4.78, 5) is 25.0. The summed E-state index contributed by atoms with van der Waals surface area (Å²) in [6.45, 7) is 0.161. The van der Waals surface area contributed by atoms with Crippen LogP contribution in [0, 0.1) is 0 Å². The molecule has 0 fully saturated rings. The van der Waals surface area contributed by atoms with E-state index in [1.165, 1.54) is 0 Å². The van der Waals surface area contributed by atoms with Gasteiger partial charge in [0.1, 0.15) is 0 Å². The van der Waals surface area contributed by atoms with Crippen molar-refractivity contribution in [1.82, 2.24) is 10.3 Å². The Labute approximate surface area is 104 Å². The number of aromatic nitrogens is 1. The van der Waals surface area contributed by atoms with Gasteiger partial charge in [0.25, 0.3) is 0 Å². The molecule has 0 bridgehead atoms. The third-order valence-corrected chi connectivity index (χ3v) is 2.60. The molecule has 1 heterocycles. The number of carboxylic acid groups (broad SMARTS) is 1. The number of carboxylic acids is 1. The SMILES string of the molecule is O=C(O)CCNC(=O)Cc1cc2ccccc2[nH]1. The van der Waals surface area contributed by atoms with Crippen molar-refractivity contribution in [3.05, 3.63) is 36.0 Å². The Bertz CT molecular complexity index is 541. The fraction of sp³-hybridized carbons (Fsp3) is 0.231. The lowest BCUT2D eigenvalue weighted by Gasteiger charge is -2.01. The van der Waals surface area contributed by atoms with Crippen LogP contribution in [-0.4, -0.2) is 28.5 Å². The maximum absolute atomic E-state index is 11.5. The van der Waals surface area contributed by atoms with E-state index >= 15 is 0 Å². The molecule has 2 aromatic rings. The number of aromatic amines is 1. The highest BCUT2D eigenvalue weighted by molar-refractivity contribution is 5.84. The first kappa shape index (κ1) is 12.2. The summed E-state index contributed by atoms with van der Waals surface area (Å²) in [6, 6.07) is 9.70. The van der Waals surface area contributed by atoms with Crippen LogP contribution in [0.1, 0.15) is 12.1 Å². The quantitative estimate of drug-likeness (QED) is 0.743. The molecular weight excluding hydrogens is 232 g/mol. The summed E-state index contributed by atoms with van der Waals surface area (Å²) in [5.74, 6) is -1.09. The van der Waals surface area contributed by atoms with Gasteiger partial charge in [-0.1, -0.05) is 18.2 Å². The number of aliphatic carboxylic acids is 1. The standard InChI is InChI=1S/C13H14N2O3/c16-12(14-6-5-13(17)18)8-10-7-9-3-1-2-4-11(9)15-10/h1-4,7,15H,5-6,8H2,(H,14,16)(H,17,18). The van der Waals surface area contributed by atoms with Crippen LogP contribution >= 0.6 is 0 Å². The third-order valence-electron chi connectivity index (χ3n) is 2.60. The molecule has 0 aliphatic heterocycles. The maximum Gasteiger partial charge on any atom is 0.305 e. The largest absolute Gasteiger partial charge is 0.481 e. The van der Waals surface area contributed by atoms with Crippen molar-refractivity contribution in [1.29, 1.82) is 0 Å². The number of carbonyl (C=O) groups excluding carboxylic acids is 1. The average molecular weight is 246 g/mol. The molecule has 0 atom stereocenters. The van der Waals surface area contributed by atoms with Crippen molar-refractivity contribution in [3.63, 3.8) is 0 Å². The van der Waals surface area contributed by atoms with Gasteiger partial charge < -0.3 is 15.4 Å². The predicted octanol–water partition coefficient (Wildman–Crippen LogP) is 1.30. The monoisotopic (exact) mass is 246 g/mol. The summed E-state index contributed by atoms with van der Waals surface area (Å²) in [5, 5.41) is 12.1. The Hall–Kier alpha value is -2.30. The molecule has 0 saturated carbocycles. The van der Waals surface area contributed by atoms with Crippen LogP contribution in [0.4, 0.5) is 0 Å². The number of hydrogen-bond donors (Lipinski definition) is 3. The van der Waals surface area contributed by atoms with Crippen LogP contribution in [-0.2, 0) is 16.0 Å². The van der Waals surface area contributed by atoms with E-state index in [1.807, 2.05) is 30.3 Å². The van der Waals surface area contributed by atoms with Gasteiger partial charge in [0, 0.05) is 17.8 Å². The van der Waals surface area contributed by atoms with E-state index in [0.717, 1.165) is 16.6 Å². The van der Waals surface area contributed by atoms with Gasteiger partial charge in [-0.25, -0.2) is 0 Å². The number of amides is 1. The number of fused-ring (bicyclic) bond motifs is 1. The van der Waals surface area contributed by atoms with Crippen LogP contribution in [0.15, 0.2) is 30.3 Å². The van der Waals surface area contributed by atoms with E-state index in [4.69, 9.17) is 5.11 Å². The molecule has 3 N–H and O–H groups in total. The lowest BCUT2D eigenvalue weighted by Crippen LogP contribution is -2.27. The molecule has 0 aliphatic carbocycles. The molecule has 2 rings (SSSR count). The van der Waals surface area contributed by atoms with E-state index in [-0.39, 0.29) is 25.3 Å². The molecule has 1 aromatic heterocycles. The van der Waals surface area contributed by atoms with Crippen molar-refractivity contribution >= 4 is 22.8 Å². The summed E-state index contributed by atoms with van der Waals surface area (Å²) in [6.07, 6.45) is 0.173. The molecular formula is C13H14N2O3. The number of H-pyrrole nitrogens is 1. The van der Waals surface area contributed by atoms with Gasteiger partial charge in [-0.2, -0.15) is 0 Å². The van der Waals surface area contributed by atoms with E-state index < -0.39 is 5.97 Å². The average Bonchev–Trinajstić information content (AvgIpc) is 2.70. The van der Waals surface area contributed by atoms with E-state index in [0.29, 0.717) is 0 Å². The third kappa shape index (κ3) is 3.10. The molecule has 0 aliphatic rings. The molecule has 0 spiro atoms. The lowest BCUT2D eigenvalue weighted by molar-refractivity contribution is -0.136. The Kier molecular flexibility index (Phi) is 3.62. The molecule has 5 nitrogen and oxygen atoms in total. The summed E-state index contributed by atoms with van der Waals surface area (Å²) in [5.41, 5.74) is 1.81. The normalized spacial score (nSPS) is 10.4. The number of hydrogen-bond acceptors (Lipinski definition) is 2. The van der Waals surface area contributed by atoms with Crippen molar-refractivity contribution < 1.29 is 14.7 Å². The molecule has 94 valence electrons. The Morgan fingerprint density at radius 1 is 1.28 bits per heavy atom. The molecule has 0 unspecified atom stereocenters. The van der Waals surface area contributed by atoms with Crippen molar-refractivity contribution in [3.8, 4) is 0 Å². The van der Waals surface area contributed by atoms with Crippen LogP contribution in [0.25, 0.3) is 10.9 Å². The molecule has 1 amide bonds. The first-order chi connectivity index (χ1) is 8.65. The van der Waals surface area contributed by atoms with Gasteiger partial charge in [0.15, 0.2) is 0 Å². The first-order valence-corrected chi connectivity index (χ1v) is 5.70. The number of para-hydroxylation sites is 1. The molecule has 0 radical (unpaired) electrons. The fourth-order valence-corrected chi connectivity index (χ4v) is 1.77. The zero-order chi connectivity index (χ0) is 13.0. The van der Waals surface area contributed by atoms with Crippen molar-refractivity contribution in [2.45, 2.75) is 12.8 Å². The summed E-state index contributed by atoms with van der Waals surface area (Å²) in [7, 11) is 0. The predicted molar refractivity (Wildman–Crippen MR) is 67.3 cm³/mol. The zero-order valence-corrected chi connectivity index (χ0v) is 9.77. The van der Waals surface area contributed by atoms with Crippen LogP contribution in [0.3, 0.4) is 0 Å². The number of nitrogens with one attached hydrogen (secondary N) is 2. The van der Waals surface area contributed by atoms with Gasteiger partial charge in [0.05, 0.1) is 12.8 Å². The van der Waals surface area contributed by atoms with Crippen LogP contribution < -0.4 is 5.32 Å². The highest BCUT2D eigenvalue weighted by atomic mass is 16.4. The van der Waals surface area contributed by atoms with Gasteiger partial charge in [-0.05, 0) is 17.5 Å². The zero-order valence-electron chi connectivity index (χ0n) is 9.77. The van der Waals surface area contributed by atoms with Gasteiger partial charge in [-0.3, -0.25) is 9.59 Å². The fourth-order valence-electron chi connectivity index (χ4n) is 1.77. The number of carbonyl (C=O) groups is 2. The van der Waals surface area contributed by atoms with Crippen molar-refractivity contribution in [2.75, 3.05) is 6.54 Å². The molecule has 0 saturated heterocycles.